The molecule has 4 unspecified atom stereocenters. The quantitative estimate of drug-likeness (QED) is 0.245. The van der Waals surface area contributed by atoms with Gasteiger partial charge in [0.05, 0.1) is 6.42 Å². The minimum atomic E-state index is -1.72. The van der Waals surface area contributed by atoms with Crippen LogP contribution in [-0.4, -0.2) is 54.0 Å². The van der Waals surface area contributed by atoms with Crippen molar-refractivity contribution < 1.29 is 49.2 Å². The van der Waals surface area contributed by atoms with Crippen LogP contribution >= 0.6 is 0 Å². The Bertz CT molecular complexity index is 1650. The van der Waals surface area contributed by atoms with Gasteiger partial charge in [-0.25, -0.2) is 14.4 Å². The van der Waals surface area contributed by atoms with E-state index in [2.05, 4.69) is 5.32 Å². The number of ether oxygens (including phenoxy) is 1. The molecule has 4 bridgehead atoms. The van der Waals surface area contributed by atoms with E-state index in [-0.39, 0.29) is 30.3 Å². The van der Waals surface area contributed by atoms with E-state index in [1.54, 1.807) is 30.3 Å². The Hall–Kier alpha value is -5.33. The number of aromatic nitrogens is 2. The maximum Gasteiger partial charge on any atom is 0.408 e. The molecule has 13 heteroatoms. The van der Waals surface area contributed by atoms with Gasteiger partial charge in [0.25, 0.3) is 0 Å². The molecule has 0 fully saturated rings. The molecule has 0 saturated heterocycles. The van der Waals surface area contributed by atoms with Crippen LogP contribution < -0.4 is 15.0 Å². The Balaban J connectivity index is 1.09. The molecule has 1 aromatic carbocycles. The second kappa shape index (κ2) is 9.89. The van der Waals surface area contributed by atoms with E-state index in [1.807, 2.05) is 24.3 Å². The first-order chi connectivity index (χ1) is 20.7. The van der Waals surface area contributed by atoms with Gasteiger partial charge in [0.2, 0.25) is 23.5 Å². The minimum Gasteiger partial charge on any atom is -0.492 e. The van der Waals surface area contributed by atoms with Crippen LogP contribution in [0, 0.1) is 0 Å². The number of hydrogen-bond acceptors (Lipinski definition) is 10. The Morgan fingerprint density at radius 3 is 1.70 bits per heavy atom. The maximum atomic E-state index is 13.3. The van der Waals surface area contributed by atoms with Crippen molar-refractivity contribution in [3.05, 3.63) is 82.5 Å². The summed E-state index contributed by atoms with van der Waals surface area (Å²) in [6, 6.07) is 7.04. The van der Waals surface area contributed by atoms with Gasteiger partial charge < -0.3 is 40.2 Å². The number of alkyl carbamates (subject to hydrolysis) is 1. The maximum absolute atomic E-state index is 13.3. The average Bonchev–Trinajstić information content (AvgIpc) is 3.85. The molecular weight excluding hydrogens is 562 g/mol. The lowest BCUT2D eigenvalue weighted by atomic mass is 10.0. The van der Waals surface area contributed by atoms with Gasteiger partial charge in [-0.15, -0.1) is 9.46 Å². The smallest absolute Gasteiger partial charge is 0.408 e. The first-order valence-electron chi connectivity index (χ1n) is 13.8. The molecule has 5 N–H and O–H groups in total. The zero-order chi connectivity index (χ0) is 30.0. The van der Waals surface area contributed by atoms with Crippen LogP contribution in [0.1, 0.15) is 70.8 Å². The van der Waals surface area contributed by atoms with Crippen LogP contribution in [0.4, 0.5) is 4.79 Å². The Morgan fingerprint density at radius 2 is 1.21 bits per heavy atom. The van der Waals surface area contributed by atoms with Gasteiger partial charge in [-0.2, -0.15) is 0 Å². The molecule has 7 rings (SSSR count). The SMILES string of the molecule is O=C(C[C@H](NC(=O)OCc1ccccc1)C(=O)On1c(O)c2c(c1O)C1C=CC2C1)On1c(O)c2c(c1O)C1C=CC2C1. The molecule has 0 spiro atoms. The third-order valence-electron chi connectivity index (χ3n) is 8.50. The summed E-state index contributed by atoms with van der Waals surface area (Å²) in [5.41, 5.74) is 2.49. The molecule has 3 aromatic rings. The summed E-state index contributed by atoms with van der Waals surface area (Å²) in [4.78, 5) is 49.4. The van der Waals surface area contributed by atoms with Gasteiger partial charge in [0.1, 0.15) is 12.6 Å². The monoisotopic (exact) mass is 589 g/mol. The number of allylic oxidation sites excluding steroid dienone is 4. The molecule has 0 saturated carbocycles. The molecule has 2 aromatic heterocycles. The summed E-state index contributed by atoms with van der Waals surface area (Å²) < 4.78 is 6.34. The molecule has 43 heavy (non-hydrogen) atoms. The average molecular weight is 590 g/mol. The van der Waals surface area contributed by atoms with Crippen LogP contribution in [0.25, 0.3) is 0 Å². The largest absolute Gasteiger partial charge is 0.492 e. The molecule has 2 heterocycles. The molecule has 5 atom stereocenters. The highest BCUT2D eigenvalue weighted by Gasteiger charge is 2.44. The number of benzene rings is 1. The van der Waals surface area contributed by atoms with E-state index in [0.717, 1.165) is 0 Å². The van der Waals surface area contributed by atoms with Gasteiger partial charge in [0, 0.05) is 45.9 Å². The second-order valence-electron chi connectivity index (χ2n) is 11.0. The number of fused-ring (bicyclic) bond motifs is 10. The van der Waals surface area contributed by atoms with Gasteiger partial charge in [0.15, 0.2) is 0 Å². The highest BCUT2D eigenvalue weighted by Crippen LogP contribution is 2.57. The van der Waals surface area contributed by atoms with Gasteiger partial charge >= 0.3 is 18.0 Å². The molecule has 4 aliphatic carbocycles. The molecule has 0 radical (unpaired) electrons. The molecule has 0 aliphatic heterocycles. The Morgan fingerprint density at radius 1 is 0.744 bits per heavy atom. The number of hydrogen-bond donors (Lipinski definition) is 5. The number of carbonyl (C=O) groups excluding carboxylic acids is 3. The van der Waals surface area contributed by atoms with Crippen molar-refractivity contribution in [2.75, 3.05) is 0 Å². The van der Waals surface area contributed by atoms with Crippen molar-refractivity contribution in [3.63, 3.8) is 0 Å². The van der Waals surface area contributed by atoms with E-state index < -0.39 is 54.0 Å². The van der Waals surface area contributed by atoms with Crippen molar-refractivity contribution >= 4 is 18.0 Å². The van der Waals surface area contributed by atoms with Gasteiger partial charge in [-0.1, -0.05) is 54.6 Å². The third kappa shape index (κ3) is 4.26. The number of carbonyl (C=O) groups is 3. The summed E-state index contributed by atoms with van der Waals surface area (Å²) in [5, 5.41) is 45.1. The highest BCUT2D eigenvalue weighted by molar-refractivity contribution is 5.86. The summed E-state index contributed by atoms with van der Waals surface area (Å²) in [6.45, 7) is -0.131. The summed E-state index contributed by atoms with van der Waals surface area (Å²) in [6.07, 6.45) is 7.10. The van der Waals surface area contributed by atoms with E-state index in [0.29, 0.717) is 50.1 Å². The summed E-state index contributed by atoms with van der Waals surface area (Å²) in [7, 11) is 0. The predicted molar refractivity (Wildman–Crippen MR) is 145 cm³/mol. The van der Waals surface area contributed by atoms with E-state index in [9.17, 15) is 34.8 Å². The summed E-state index contributed by atoms with van der Waals surface area (Å²) in [5.74, 6) is -4.68. The lowest BCUT2D eigenvalue weighted by Crippen LogP contribution is -2.47. The fourth-order valence-corrected chi connectivity index (χ4v) is 6.57. The van der Waals surface area contributed by atoms with Crippen molar-refractivity contribution in [2.24, 2.45) is 0 Å². The number of aromatic hydroxyl groups is 4. The van der Waals surface area contributed by atoms with Crippen LogP contribution in [0.5, 0.6) is 23.5 Å². The van der Waals surface area contributed by atoms with E-state index in [4.69, 9.17) is 14.4 Å². The lowest BCUT2D eigenvalue weighted by molar-refractivity contribution is -0.154. The van der Waals surface area contributed by atoms with Crippen molar-refractivity contribution in [1.29, 1.82) is 0 Å². The van der Waals surface area contributed by atoms with Crippen molar-refractivity contribution in [2.45, 2.75) is 55.6 Å². The Labute approximate surface area is 243 Å². The van der Waals surface area contributed by atoms with Crippen LogP contribution in [0.2, 0.25) is 0 Å². The standard InChI is InChI=1S/C30H27N3O10/c34-20(42-32-25(35)21-15-6-7-16(10-15)22(21)26(32)36)12-19(31-30(40)41-13-14-4-2-1-3-5-14)29(39)43-33-27(37)23-17-8-9-18(11-17)24(23)28(33)38/h1-9,15-19,35-38H,10-13H2,(H,31,40)/t15?,16?,17?,18?,19-/m0/s1. The zero-order valence-electron chi connectivity index (χ0n) is 22.5. The molecule has 13 nitrogen and oxygen atoms in total. The second-order valence-corrected chi connectivity index (χ2v) is 11.0. The number of nitrogens with zero attached hydrogens (tertiary/aromatic N) is 2. The summed E-state index contributed by atoms with van der Waals surface area (Å²) >= 11 is 0. The minimum absolute atomic E-state index is 0.122. The highest BCUT2D eigenvalue weighted by atomic mass is 16.7. The molecule has 1 amide bonds. The number of rotatable bonds is 8. The zero-order valence-corrected chi connectivity index (χ0v) is 22.5. The lowest BCUT2D eigenvalue weighted by Gasteiger charge is -2.18. The molecule has 4 aliphatic rings. The van der Waals surface area contributed by atoms with Crippen LogP contribution in [0.3, 0.4) is 0 Å². The van der Waals surface area contributed by atoms with Gasteiger partial charge in [-0.05, 0) is 18.4 Å². The fourth-order valence-electron chi connectivity index (χ4n) is 6.57. The normalized spacial score (nSPS) is 22.3. The van der Waals surface area contributed by atoms with Crippen molar-refractivity contribution in [1.82, 2.24) is 14.8 Å². The van der Waals surface area contributed by atoms with Crippen LogP contribution in [0.15, 0.2) is 54.6 Å². The predicted octanol–water partition coefficient (Wildman–Crippen LogP) is 2.69. The number of nitrogens with one attached hydrogen (secondary N) is 1. The van der Waals surface area contributed by atoms with E-state index in [1.165, 1.54) is 0 Å². The molecular formula is C30H27N3O10. The topological polar surface area (TPSA) is 182 Å². The van der Waals surface area contributed by atoms with Gasteiger partial charge in [-0.3, -0.25) is 0 Å². The number of amides is 1. The van der Waals surface area contributed by atoms with Crippen molar-refractivity contribution in [3.8, 4) is 23.5 Å². The third-order valence-corrected chi connectivity index (χ3v) is 8.50. The first kappa shape index (κ1) is 26.6. The van der Waals surface area contributed by atoms with E-state index >= 15 is 0 Å². The van der Waals surface area contributed by atoms with Crippen LogP contribution in [-0.2, 0) is 20.9 Å². The fraction of sp³-hybridized carbons (Fsp3) is 0.300. The first-order valence-corrected chi connectivity index (χ1v) is 13.8. The Kier molecular flexibility index (Phi) is 6.11. The molecule has 222 valence electrons.